The number of rotatable bonds is 6. The van der Waals surface area contributed by atoms with Crippen LogP contribution in [-0.2, 0) is 16.1 Å². The minimum absolute atomic E-state index is 0.0276. The second-order valence-corrected chi connectivity index (χ2v) is 5.71. The molecule has 1 aliphatic heterocycles. The lowest BCUT2D eigenvalue weighted by atomic mass is 10.2. The number of carbonyl (C=O) groups is 2. The van der Waals surface area contributed by atoms with Gasteiger partial charge in [-0.25, -0.2) is 0 Å². The molecule has 0 saturated carbocycles. The summed E-state index contributed by atoms with van der Waals surface area (Å²) < 4.78 is 10.5. The number of non-ortho nitro benzene ring substituents is 1. The van der Waals surface area contributed by atoms with Gasteiger partial charge in [0.2, 0.25) is 5.91 Å². The van der Waals surface area contributed by atoms with Crippen molar-refractivity contribution in [3.8, 4) is 18.1 Å². The number of nitrogens with zero attached hydrogens (tertiary/aromatic N) is 3. The van der Waals surface area contributed by atoms with E-state index in [1.807, 2.05) is 0 Å². The van der Waals surface area contributed by atoms with Gasteiger partial charge in [-0.2, -0.15) is 0 Å². The third-order valence-corrected chi connectivity index (χ3v) is 3.95. The summed E-state index contributed by atoms with van der Waals surface area (Å²) in [6.07, 6.45) is 6.82. The normalized spacial score (nSPS) is 12.7. The predicted molar refractivity (Wildman–Crippen MR) is 93.9 cm³/mol. The maximum absolute atomic E-state index is 12.7. The van der Waals surface area contributed by atoms with E-state index in [4.69, 9.17) is 15.6 Å². The van der Waals surface area contributed by atoms with Crippen molar-refractivity contribution >= 4 is 23.2 Å². The number of hydrogen-bond donors (Lipinski definition) is 0. The highest BCUT2D eigenvalue weighted by molar-refractivity contribution is 6.02. The zero-order valence-corrected chi connectivity index (χ0v) is 14.2. The van der Waals surface area contributed by atoms with Gasteiger partial charge >= 0.3 is 0 Å². The van der Waals surface area contributed by atoms with Crippen LogP contribution in [0.2, 0.25) is 0 Å². The monoisotopic (exact) mass is 369 g/mol. The van der Waals surface area contributed by atoms with Crippen LogP contribution in [0.5, 0.6) is 5.75 Å². The molecule has 0 bridgehead atoms. The predicted octanol–water partition coefficient (Wildman–Crippen LogP) is 1.58. The Bertz CT molecular complexity index is 916. The number of nitro groups is 1. The molecule has 1 aromatic heterocycles. The largest absolute Gasteiger partial charge is 0.482 e. The van der Waals surface area contributed by atoms with Gasteiger partial charge in [0.15, 0.2) is 6.61 Å². The minimum atomic E-state index is -0.582. The number of anilines is 1. The van der Waals surface area contributed by atoms with Crippen LogP contribution in [0.15, 0.2) is 41.0 Å². The van der Waals surface area contributed by atoms with E-state index in [1.54, 1.807) is 12.1 Å². The lowest BCUT2D eigenvalue weighted by Crippen LogP contribution is -2.46. The lowest BCUT2D eigenvalue weighted by Gasteiger charge is -2.30. The highest BCUT2D eigenvalue weighted by Gasteiger charge is 2.30. The number of terminal acetylenes is 1. The highest BCUT2D eigenvalue weighted by atomic mass is 16.6. The Hall–Kier alpha value is -3.80. The van der Waals surface area contributed by atoms with Gasteiger partial charge < -0.3 is 14.1 Å². The van der Waals surface area contributed by atoms with Crippen molar-refractivity contribution in [3.63, 3.8) is 0 Å². The van der Waals surface area contributed by atoms with E-state index in [1.165, 1.54) is 34.3 Å². The summed E-state index contributed by atoms with van der Waals surface area (Å²) in [4.78, 5) is 38.0. The van der Waals surface area contributed by atoms with Crippen molar-refractivity contribution in [2.75, 3.05) is 24.6 Å². The van der Waals surface area contributed by atoms with E-state index in [0.29, 0.717) is 11.5 Å². The van der Waals surface area contributed by atoms with Gasteiger partial charge in [0, 0.05) is 12.1 Å². The molecule has 138 valence electrons. The molecule has 0 radical (unpaired) electrons. The molecule has 2 heterocycles. The van der Waals surface area contributed by atoms with E-state index in [-0.39, 0.29) is 37.6 Å². The summed E-state index contributed by atoms with van der Waals surface area (Å²) in [6.45, 7) is -0.402. The molecule has 0 unspecified atom stereocenters. The first-order valence-electron chi connectivity index (χ1n) is 7.95. The maximum Gasteiger partial charge on any atom is 0.271 e. The van der Waals surface area contributed by atoms with Gasteiger partial charge in [-0.15, -0.1) is 6.42 Å². The summed E-state index contributed by atoms with van der Waals surface area (Å²) in [5.41, 5.74) is -0.0342. The number of hydrogen-bond acceptors (Lipinski definition) is 6. The zero-order valence-electron chi connectivity index (χ0n) is 14.2. The van der Waals surface area contributed by atoms with E-state index in [2.05, 4.69) is 5.92 Å². The number of ether oxygens (including phenoxy) is 1. The maximum atomic E-state index is 12.7. The molecule has 3 rings (SSSR count). The van der Waals surface area contributed by atoms with Gasteiger partial charge in [-0.05, 0) is 18.2 Å². The summed E-state index contributed by atoms with van der Waals surface area (Å²) in [5.74, 6) is 2.34. The van der Waals surface area contributed by atoms with Gasteiger partial charge in [-0.3, -0.25) is 24.6 Å². The van der Waals surface area contributed by atoms with Gasteiger partial charge in [-0.1, -0.05) is 5.92 Å². The molecule has 0 saturated heterocycles. The molecule has 0 aliphatic carbocycles. The summed E-state index contributed by atoms with van der Waals surface area (Å²) in [7, 11) is 0. The van der Waals surface area contributed by atoms with Crippen LogP contribution in [-0.4, -0.2) is 41.3 Å². The Labute approximate surface area is 154 Å². The molecular weight excluding hydrogens is 354 g/mol. The zero-order chi connectivity index (χ0) is 19.4. The molecule has 1 aromatic carbocycles. The van der Waals surface area contributed by atoms with Crippen molar-refractivity contribution < 1.29 is 23.7 Å². The molecule has 9 nitrogen and oxygen atoms in total. The topological polar surface area (TPSA) is 106 Å². The molecule has 0 atom stereocenters. The Kier molecular flexibility index (Phi) is 5.08. The van der Waals surface area contributed by atoms with Crippen molar-refractivity contribution in [1.82, 2.24) is 4.90 Å². The van der Waals surface area contributed by atoms with Crippen LogP contribution in [0.25, 0.3) is 0 Å². The average Bonchev–Trinajstić information content (AvgIpc) is 3.16. The van der Waals surface area contributed by atoms with Gasteiger partial charge in [0.1, 0.15) is 18.1 Å². The SMILES string of the molecule is C#CCN(Cc1ccco1)C(=O)CN1C(=O)COc2ccc([N+](=O)[O-])cc21. The first-order chi connectivity index (χ1) is 13.0. The van der Waals surface area contributed by atoms with Crippen LogP contribution >= 0.6 is 0 Å². The Morgan fingerprint density at radius 1 is 1.41 bits per heavy atom. The number of nitro benzene ring substituents is 1. The molecule has 0 spiro atoms. The fourth-order valence-corrected chi connectivity index (χ4v) is 2.65. The van der Waals surface area contributed by atoms with E-state index in [9.17, 15) is 19.7 Å². The molecule has 1 aliphatic rings. The number of fused-ring (bicyclic) bond motifs is 1. The third-order valence-electron chi connectivity index (χ3n) is 3.95. The number of furan rings is 1. The molecule has 0 fully saturated rings. The lowest BCUT2D eigenvalue weighted by molar-refractivity contribution is -0.384. The number of amides is 2. The highest BCUT2D eigenvalue weighted by Crippen LogP contribution is 2.35. The van der Waals surface area contributed by atoms with E-state index < -0.39 is 16.7 Å². The molecule has 0 N–H and O–H groups in total. The minimum Gasteiger partial charge on any atom is -0.482 e. The standard InChI is InChI=1S/C18H15N3O6/c1-2-7-19(10-14-4-3-8-26-14)17(22)11-20-15-9-13(21(24)25)5-6-16(15)27-12-18(20)23/h1,3-6,8-9H,7,10-12H2. The number of carbonyl (C=O) groups excluding carboxylic acids is 2. The fourth-order valence-electron chi connectivity index (χ4n) is 2.65. The van der Waals surface area contributed by atoms with Crippen LogP contribution in [0.1, 0.15) is 5.76 Å². The second kappa shape index (κ2) is 7.61. The van der Waals surface area contributed by atoms with E-state index >= 15 is 0 Å². The molecule has 9 heteroatoms. The van der Waals surface area contributed by atoms with Crippen molar-refractivity contribution in [1.29, 1.82) is 0 Å². The quantitative estimate of drug-likeness (QED) is 0.435. The molecule has 2 aromatic rings. The van der Waals surface area contributed by atoms with Crippen LogP contribution in [0, 0.1) is 22.5 Å². The first-order valence-corrected chi connectivity index (χ1v) is 7.95. The molecule has 27 heavy (non-hydrogen) atoms. The smallest absolute Gasteiger partial charge is 0.271 e. The average molecular weight is 369 g/mol. The first kappa shape index (κ1) is 18.0. The van der Waals surface area contributed by atoms with Crippen LogP contribution in [0.4, 0.5) is 11.4 Å². The van der Waals surface area contributed by atoms with Crippen molar-refractivity contribution in [3.05, 3.63) is 52.5 Å². The Balaban J connectivity index is 1.84. The van der Waals surface area contributed by atoms with E-state index in [0.717, 1.165) is 0 Å². The summed E-state index contributed by atoms with van der Waals surface area (Å²) >= 11 is 0. The van der Waals surface area contributed by atoms with Crippen LogP contribution in [0.3, 0.4) is 0 Å². The van der Waals surface area contributed by atoms with Crippen LogP contribution < -0.4 is 9.64 Å². The van der Waals surface area contributed by atoms with Crippen molar-refractivity contribution in [2.45, 2.75) is 6.54 Å². The van der Waals surface area contributed by atoms with Gasteiger partial charge in [0.25, 0.3) is 11.6 Å². The Morgan fingerprint density at radius 3 is 2.89 bits per heavy atom. The summed E-state index contributed by atoms with van der Waals surface area (Å²) in [6, 6.07) is 7.28. The fraction of sp³-hybridized carbons (Fsp3) is 0.222. The third kappa shape index (κ3) is 3.90. The van der Waals surface area contributed by atoms with Crippen molar-refractivity contribution in [2.24, 2.45) is 0 Å². The summed E-state index contributed by atoms with van der Waals surface area (Å²) in [5, 5.41) is 11.0. The number of benzene rings is 1. The Morgan fingerprint density at radius 2 is 2.22 bits per heavy atom. The molecular formula is C18H15N3O6. The molecule has 2 amide bonds. The van der Waals surface area contributed by atoms with Gasteiger partial charge in [0.05, 0.1) is 30.0 Å². The second-order valence-electron chi connectivity index (χ2n) is 5.71.